The van der Waals surface area contributed by atoms with Crippen molar-refractivity contribution in [2.75, 3.05) is 6.54 Å². The molecule has 0 aliphatic heterocycles. The van der Waals surface area contributed by atoms with Crippen molar-refractivity contribution in [1.29, 1.82) is 0 Å². The van der Waals surface area contributed by atoms with Crippen LogP contribution in [0.15, 0.2) is 16.5 Å². The van der Waals surface area contributed by atoms with Gasteiger partial charge in [0.05, 0.1) is 5.02 Å². The number of hydrogen-bond acceptors (Lipinski definition) is 6. The quantitative estimate of drug-likeness (QED) is 0.351. The summed E-state index contributed by atoms with van der Waals surface area (Å²) in [6, 6.07) is 2.20. The van der Waals surface area contributed by atoms with Crippen LogP contribution in [0.1, 0.15) is 41.9 Å². The van der Waals surface area contributed by atoms with E-state index >= 15 is 0 Å². The topological polar surface area (TPSA) is 127 Å². The van der Waals surface area contributed by atoms with Gasteiger partial charge in [0.1, 0.15) is 11.6 Å². The first kappa shape index (κ1) is 20.3. The van der Waals surface area contributed by atoms with Gasteiger partial charge in [-0.15, -0.1) is 0 Å². The number of amides is 1. The minimum atomic E-state index is -1.03. The summed E-state index contributed by atoms with van der Waals surface area (Å²) in [7, 11) is 0. The van der Waals surface area contributed by atoms with Crippen LogP contribution < -0.4 is 5.73 Å². The molecule has 0 radical (unpaired) electrons. The largest absolute Gasteiger partial charge is 0.480 e. The number of aliphatic carboxylic acids is 1. The van der Waals surface area contributed by atoms with Gasteiger partial charge in [-0.05, 0) is 37.8 Å². The van der Waals surface area contributed by atoms with E-state index in [1.165, 1.54) is 0 Å². The zero-order valence-electron chi connectivity index (χ0n) is 15.4. The third-order valence-corrected chi connectivity index (χ3v) is 5.27. The number of fused-ring (bicyclic) bond motifs is 1. The minimum absolute atomic E-state index is 0.0748. The fourth-order valence-electron chi connectivity index (χ4n) is 3.37. The first-order chi connectivity index (χ1) is 13.3. The van der Waals surface area contributed by atoms with Crippen LogP contribution in [0.25, 0.3) is 11.1 Å². The first-order valence-corrected chi connectivity index (χ1v) is 9.50. The lowest BCUT2D eigenvalue weighted by atomic mass is 10.1. The van der Waals surface area contributed by atoms with Crippen molar-refractivity contribution in [1.82, 2.24) is 9.88 Å². The Hall–Kier alpha value is -2.45. The fourth-order valence-corrected chi connectivity index (χ4v) is 3.62. The molecule has 1 aromatic carbocycles. The van der Waals surface area contributed by atoms with Crippen molar-refractivity contribution in [3.05, 3.63) is 28.6 Å². The Morgan fingerprint density at radius 3 is 2.89 bits per heavy atom. The highest BCUT2D eigenvalue weighted by molar-refractivity contribution is 6.35. The third kappa shape index (κ3) is 4.34. The minimum Gasteiger partial charge on any atom is -0.480 e. The van der Waals surface area contributed by atoms with Gasteiger partial charge in [-0.1, -0.05) is 11.6 Å². The Balaban J connectivity index is 1.58. The standard InChI is InChI=1S/C19H22ClN3O5/c1-10-22-15-7-11(6-13(20)18(15)28-10)17(25)12-8-16(12)23(9-24)5-3-2-4-14(21)19(26)27/h6-7,9,12,14,16H,2-5,8,21H2,1H3,(H,26,27)/t12-,14-,16-/m0/s1. The van der Waals surface area contributed by atoms with Crippen LogP contribution in [0.4, 0.5) is 0 Å². The van der Waals surface area contributed by atoms with Crippen LogP contribution in [0.3, 0.4) is 0 Å². The van der Waals surface area contributed by atoms with E-state index in [1.807, 2.05) is 0 Å². The number of nitrogens with two attached hydrogens (primary N) is 1. The van der Waals surface area contributed by atoms with Gasteiger partial charge < -0.3 is 20.2 Å². The Bertz CT molecular complexity index is 912. The Labute approximate surface area is 166 Å². The number of unbranched alkanes of at least 4 members (excludes halogenated alkanes) is 1. The number of oxazole rings is 1. The number of aromatic nitrogens is 1. The van der Waals surface area contributed by atoms with Gasteiger partial charge in [-0.3, -0.25) is 14.4 Å². The molecule has 2 aromatic rings. The number of carboxylic acids is 1. The van der Waals surface area contributed by atoms with E-state index in [4.69, 9.17) is 26.9 Å². The molecule has 0 spiro atoms. The van der Waals surface area contributed by atoms with Gasteiger partial charge in [-0.2, -0.15) is 0 Å². The predicted octanol–water partition coefficient (Wildman–Crippen LogP) is 2.40. The van der Waals surface area contributed by atoms with E-state index in [1.54, 1.807) is 24.0 Å². The number of hydrogen-bond donors (Lipinski definition) is 2. The molecule has 0 saturated heterocycles. The first-order valence-electron chi connectivity index (χ1n) is 9.12. The number of carbonyl (C=O) groups is 3. The number of carbonyl (C=O) groups excluding carboxylic acids is 2. The molecule has 9 heteroatoms. The van der Waals surface area contributed by atoms with Gasteiger partial charge in [0.2, 0.25) is 6.41 Å². The molecule has 8 nitrogen and oxygen atoms in total. The molecule has 0 unspecified atom stereocenters. The molecule has 3 atom stereocenters. The Kier molecular flexibility index (Phi) is 6.00. The van der Waals surface area contributed by atoms with Gasteiger partial charge in [0.25, 0.3) is 0 Å². The molecule has 1 aliphatic carbocycles. The number of halogens is 1. The Morgan fingerprint density at radius 1 is 1.46 bits per heavy atom. The highest BCUT2D eigenvalue weighted by atomic mass is 35.5. The number of ketones is 1. The van der Waals surface area contributed by atoms with E-state index < -0.39 is 12.0 Å². The van der Waals surface area contributed by atoms with Crippen LogP contribution in [0.2, 0.25) is 5.02 Å². The highest BCUT2D eigenvalue weighted by Crippen LogP contribution is 2.39. The lowest BCUT2D eigenvalue weighted by Gasteiger charge is -2.17. The molecule has 1 fully saturated rings. The maximum atomic E-state index is 12.8. The van der Waals surface area contributed by atoms with E-state index in [0.717, 1.165) is 6.41 Å². The predicted molar refractivity (Wildman–Crippen MR) is 102 cm³/mol. The van der Waals surface area contributed by atoms with Crippen LogP contribution in [-0.2, 0) is 9.59 Å². The third-order valence-electron chi connectivity index (χ3n) is 4.99. The second-order valence-electron chi connectivity index (χ2n) is 7.10. The monoisotopic (exact) mass is 407 g/mol. The van der Waals surface area contributed by atoms with Crippen molar-refractivity contribution in [2.45, 2.75) is 44.7 Å². The van der Waals surface area contributed by atoms with Crippen LogP contribution in [-0.4, -0.2) is 51.8 Å². The average molecular weight is 408 g/mol. The fraction of sp³-hybridized carbons (Fsp3) is 0.474. The van der Waals surface area contributed by atoms with Gasteiger partial charge in [-0.25, -0.2) is 4.98 Å². The zero-order chi connectivity index (χ0) is 20.4. The highest BCUT2D eigenvalue weighted by Gasteiger charge is 2.46. The zero-order valence-corrected chi connectivity index (χ0v) is 16.2. The number of nitrogens with zero attached hydrogens (tertiary/aromatic N) is 2. The normalized spacial score (nSPS) is 19.4. The maximum Gasteiger partial charge on any atom is 0.320 e. The average Bonchev–Trinajstić information content (AvgIpc) is 3.34. The summed E-state index contributed by atoms with van der Waals surface area (Å²) in [6.07, 6.45) is 2.92. The summed E-state index contributed by atoms with van der Waals surface area (Å²) in [5, 5.41) is 9.11. The van der Waals surface area contributed by atoms with Crippen molar-refractivity contribution in [3.8, 4) is 0 Å². The molecular formula is C19H22ClN3O5. The van der Waals surface area contributed by atoms with E-state index in [9.17, 15) is 14.4 Å². The summed E-state index contributed by atoms with van der Waals surface area (Å²) >= 11 is 6.20. The second-order valence-corrected chi connectivity index (χ2v) is 7.50. The van der Waals surface area contributed by atoms with Crippen LogP contribution in [0, 0.1) is 12.8 Å². The summed E-state index contributed by atoms with van der Waals surface area (Å²) < 4.78 is 5.42. The summed E-state index contributed by atoms with van der Waals surface area (Å²) in [5.41, 5.74) is 6.91. The van der Waals surface area contributed by atoms with Crippen LogP contribution in [0.5, 0.6) is 0 Å². The molecule has 3 rings (SSSR count). The summed E-state index contributed by atoms with van der Waals surface area (Å²) in [6.45, 7) is 2.17. The molecular weight excluding hydrogens is 386 g/mol. The van der Waals surface area contributed by atoms with E-state index in [-0.39, 0.29) is 17.7 Å². The molecule has 1 amide bonds. The number of benzene rings is 1. The molecule has 1 aliphatic rings. The molecule has 1 saturated carbocycles. The van der Waals surface area contributed by atoms with Crippen molar-refractivity contribution in [3.63, 3.8) is 0 Å². The molecule has 1 heterocycles. The molecule has 0 bridgehead atoms. The molecule has 1 aromatic heterocycles. The number of carboxylic acid groups (broad SMARTS) is 1. The number of aryl methyl sites for hydroxylation is 1. The van der Waals surface area contributed by atoms with Crippen molar-refractivity contribution in [2.24, 2.45) is 11.7 Å². The van der Waals surface area contributed by atoms with E-state index in [2.05, 4.69) is 4.98 Å². The summed E-state index contributed by atoms with van der Waals surface area (Å²) in [4.78, 5) is 40.7. The van der Waals surface area contributed by atoms with Gasteiger partial charge in [0.15, 0.2) is 17.3 Å². The second kappa shape index (κ2) is 8.28. The SMILES string of the molecule is Cc1nc2cc(C(=O)[C@H]3C[C@@H]3N(C=O)CCCC[C@H](N)C(=O)O)cc(Cl)c2o1. The smallest absolute Gasteiger partial charge is 0.320 e. The van der Waals surface area contributed by atoms with Crippen LogP contribution >= 0.6 is 11.6 Å². The van der Waals surface area contributed by atoms with Gasteiger partial charge in [0, 0.05) is 31.0 Å². The summed E-state index contributed by atoms with van der Waals surface area (Å²) in [5.74, 6) is -0.902. The number of Topliss-reactive ketones (excluding diaryl/α,β-unsaturated/α-hetero) is 1. The van der Waals surface area contributed by atoms with E-state index in [0.29, 0.717) is 59.8 Å². The molecule has 150 valence electrons. The van der Waals surface area contributed by atoms with Gasteiger partial charge >= 0.3 is 5.97 Å². The number of rotatable bonds is 10. The Morgan fingerprint density at radius 2 is 2.21 bits per heavy atom. The van der Waals surface area contributed by atoms with Crippen molar-refractivity contribution >= 4 is 40.9 Å². The van der Waals surface area contributed by atoms with Crippen molar-refractivity contribution < 1.29 is 23.9 Å². The lowest BCUT2D eigenvalue weighted by molar-refractivity contribution is -0.138. The maximum absolute atomic E-state index is 12.8. The molecule has 28 heavy (non-hydrogen) atoms. The lowest BCUT2D eigenvalue weighted by Crippen LogP contribution is -2.31. The molecule has 3 N–H and O–H groups in total.